The van der Waals surface area contributed by atoms with Crippen LogP contribution in [0.15, 0.2) is 37.1 Å². The third kappa shape index (κ3) is 3.32. The number of nitrogens with zero attached hydrogens (tertiary/aromatic N) is 6. The summed E-state index contributed by atoms with van der Waals surface area (Å²) in [4.78, 5) is 16.6. The smallest absolute Gasteiger partial charge is 0.251 e. The molecule has 0 saturated carbocycles. The van der Waals surface area contributed by atoms with Crippen LogP contribution in [0.4, 0.5) is 0 Å². The van der Waals surface area contributed by atoms with Crippen molar-refractivity contribution in [3.05, 3.63) is 54.0 Å². The Labute approximate surface area is 139 Å². The summed E-state index contributed by atoms with van der Waals surface area (Å²) in [7, 11) is 0. The Balaban J connectivity index is 1.67. The molecule has 24 heavy (non-hydrogen) atoms. The van der Waals surface area contributed by atoms with Gasteiger partial charge in [0, 0.05) is 24.0 Å². The Morgan fingerprint density at radius 3 is 2.67 bits per heavy atom. The van der Waals surface area contributed by atoms with Crippen molar-refractivity contribution in [2.24, 2.45) is 0 Å². The van der Waals surface area contributed by atoms with E-state index in [9.17, 15) is 4.79 Å². The number of hydrogen-bond acceptors (Lipinski definition) is 5. The van der Waals surface area contributed by atoms with Gasteiger partial charge in [-0.2, -0.15) is 5.10 Å². The lowest BCUT2D eigenvalue weighted by Crippen LogP contribution is -2.30. The van der Waals surface area contributed by atoms with Crippen LogP contribution in [0.3, 0.4) is 0 Å². The predicted octanol–water partition coefficient (Wildman–Crippen LogP) is 1.47. The average Bonchev–Trinajstić information content (AvgIpc) is 3.22. The maximum absolute atomic E-state index is 12.4. The summed E-state index contributed by atoms with van der Waals surface area (Å²) < 4.78 is 3.57. The molecular weight excluding hydrogens is 306 g/mol. The molecule has 8 heteroatoms. The first-order valence-electron chi connectivity index (χ1n) is 7.66. The van der Waals surface area contributed by atoms with Crippen LogP contribution in [0.25, 0.3) is 5.82 Å². The van der Waals surface area contributed by atoms with Gasteiger partial charge in [0.1, 0.15) is 18.5 Å². The highest BCUT2D eigenvalue weighted by atomic mass is 16.1. The quantitative estimate of drug-likeness (QED) is 0.767. The van der Waals surface area contributed by atoms with E-state index in [1.807, 2.05) is 31.5 Å². The van der Waals surface area contributed by atoms with Gasteiger partial charge in [0.15, 0.2) is 0 Å². The van der Waals surface area contributed by atoms with E-state index in [2.05, 4.69) is 25.6 Å². The van der Waals surface area contributed by atoms with Crippen LogP contribution in [0.1, 0.15) is 34.7 Å². The fourth-order valence-electron chi connectivity index (χ4n) is 2.54. The van der Waals surface area contributed by atoms with E-state index < -0.39 is 0 Å². The van der Waals surface area contributed by atoms with Crippen LogP contribution < -0.4 is 5.32 Å². The van der Waals surface area contributed by atoms with Gasteiger partial charge in [-0.05, 0) is 39.0 Å². The van der Waals surface area contributed by atoms with E-state index in [1.54, 1.807) is 22.9 Å². The Kier molecular flexibility index (Phi) is 4.37. The number of pyridine rings is 1. The second-order valence-electron chi connectivity index (χ2n) is 5.70. The second kappa shape index (κ2) is 6.61. The second-order valence-corrected chi connectivity index (χ2v) is 5.70. The summed E-state index contributed by atoms with van der Waals surface area (Å²) in [5.74, 6) is 0.444. The molecule has 0 radical (unpaired) electrons. The van der Waals surface area contributed by atoms with E-state index in [-0.39, 0.29) is 11.9 Å². The van der Waals surface area contributed by atoms with Crippen LogP contribution in [-0.2, 0) is 0 Å². The van der Waals surface area contributed by atoms with Crippen LogP contribution in [0.5, 0.6) is 0 Å². The third-order valence-corrected chi connectivity index (χ3v) is 3.71. The van der Waals surface area contributed by atoms with Crippen molar-refractivity contribution < 1.29 is 4.79 Å². The van der Waals surface area contributed by atoms with Crippen molar-refractivity contribution in [3.63, 3.8) is 0 Å². The maximum atomic E-state index is 12.4. The highest BCUT2D eigenvalue weighted by Crippen LogP contribution is 2.11. The minimum atomic E-state index is -0.153. The van der Waals surface area contributed by atoms with Crippen LogP contribution in [-0.4, -0.2) is 42.0 Å². The topological polar surface area (TPSA) is 90.5 Å². The lowest BCUT2D eigenvalue weighted by atomic mass is 10.2. The summed E-state index contributed by atoms with van der Waals surface area (Å²) in [5, 5.41) is 14.9. The molecule has 0 saturated heterocycles. The Bertz CT molecular complexity index is 838. The minimum absolute atomic E-state index is 0.0711. The van der Waals surface area contributed by atoms with E-state index in [4.69, 9.17) is 0 Å². The Morgan fingerprint density at radius 2 is 2.00 bits per heavy atom. The molecule has 124 valence electrons. The number of nitrogens with one attached hydrogen (secondary N) is 1. The van der Waals surface area contributed by atoms with Gasteiger partial charge in [-0.25, -0.2) is 4.98 Å². The van der Waals surface area contributed by atoms with Gasteiger partial charge < -0.3 is 5.32 Å². The molecule has 0 fully saturated rings. The normalized spacial score (nSPS) is 12.1. The molecule has 0 aliphatic carbocycles. The number of carbonyl (C=O) groups excluding carboxylic acids is 1. The SMILES string of the molecule is Cc1cc(C)n(C(C)CNC(=O)c2ccnc(-n3cnnc3)c2)n1. The maximum Gasteiger partial charge on any atom is 0.251 e. The highest BCUT2D eigenvalue weighted by molar-refractivity contribution is 5.94. The molecule has 1 unspecified atom stereocenters. The molecule has 8 nitrogen and oxygen atoms in total. The Morgan fingerprint density at radius 1 is 1.25 bits per heavy atom. The number of carbonyl (C=O) groups is 1. The molecule has 0 spiro atoms. The number of aromatic nitrogens is 6. The van der Waals surface area contributed by atoms with Crippen molar-refractivity contribution in [3.8, 4) is 5.82 Å². The fraction of sp³-hybridized carbons (Fsp3) is 0.312. The van der Waals surface area contributed by atoms with Crippen molar-refractivity contribution in [1.29, 1.82) is 0 Å². The number of hydrogen-bond donors (Lipinski definition) is 1. The lowest BCUT2D eigenvalue weighted by molar-refractivity contribution is 0.0947. The summed E-state index contributed by atoms with van der Waals surface area (Å²) in [6.45, 7) is 6.48. The molecule has 0 aliphatic heterocycles. The zero-order chi connectivity index (χ0) is 17.1. The molecule has 3 rings (SSSR count). The summed E-state index contributed by atoms with van der Waals surface area (Å²) in [6, 6.07) is 5.47. The zero-order valence-electron chi connectivity index (χ0n) is 13.8. The molecule has 0 bridgehead atoms. The number of amides is 1. The molecule has 1 N–H and O–H groups in total. The van der Waals surface area contributed by atoms with Gasteiger partial charge in [0.05, 0.1) is 11.7 Å². The van der Waals surface area contributed by atoms with E-state index in [1.165, 1.54) is 12.7 Å². The summed E-state index contributed by atoms with van der Waals surface area (Å²) >= 11 is 0. The minimum Gasteiger partial charge on any atom is -0.350 e. The van der Waals surface area contributed by atoms with Crippen molar-refractivity contribution in [2.45, 2.75) is 26.8 Å². The van der Waals surface area contributed by atoms with Crippen LogP contribution in [0, 0.1) is 13.8 Å². The summed E-state index contributed by atoms with van der Waals surface area (Å²) in [5.41, 5.74) is 2.58. The molecule has 0 aliphatic rings. The first kappa shape index (κ1) is 15.9. The van der Waals surface area contributed by atoms with E-state index in [0.29, 0.717) is 17.9 Å². The predicted molar refractivity (Wildman–Crippen MR) is 87.9 cm³/mol. The molecule has 0 aromatic carbocycles. The van der Waals surface area contributed by atoms with Gasteiger partial charge in [0.25, 0.3) is 5.91 Å². The molecule has 3 heterocycles. The van der Waals surface area contributed by atoms with Crippen LogP contribution in [0.2, 0.25) is 0 Å². The van der Waals surface area contributed by atoms with Gasteiger partial charge in [-0.1, -0.05) is 0 Å². The first-order valence-corrected chi connectivity index (χ1v) is 7.66. The lowest BCUT2D eigenvalue weighted by Gasteiger charge is -2.15. The van der Waals surface area contributed by atoms with Gasteiger partial charge >= 0.3 is 0 Å². The molecule has 3 aromatic heterocycles. The molecule has 3 aromatic rings. The number of aryl methyl sites for hydroxylation is 2. The fourth-order valence-corrected chi connectivity index (χ4v) is 2.54. The van der Waals surface area contributed by atoms with E-state index in [0.717, 1.165) is 11.4 Å². The van der Waals surface area contributed by atoms with Gasteiger partial charge in [-0.15, -0.1) is 10.2 Å². The average molecular weight is 325 g/mol. The zero-order valence-corrected chi connectivity index (χ0v) is 13.8. The molecule has 1 atom stereocenters. The van der Waals surface area contributed by atoms with Crippen molar-refractivity contribution in [1.82, 2.24) is 34.8 Å². The highest BCUT2D eigenvalue weighted by Gasteiger charge is 2.13. The van der Waals surface area contributed by atoms with Gasteiger partial charge in [0.2, 0.25) is 0 Å². The molecular formula is C16H19N7O. The van der Waals surface area contributed by atoms with E-state index >= 15 is 0 Å². The van der Waals surface area contributed by atoms with Crippen molar-refractivity contribution in [2.75, 3.05) is 6.54 Å². The monoisotopic (exact) mass is 325 g/mol. The van der Waals surface area contributed by atoms with Crippen molar-refractivity contribution >= 4 is 5.91 Å². The molecule has 1 amide bonds. The first-order chi connectivity index (χ1) is 11.5. The third-order valence-electron chi connectivity index (χ3n) is 3.71. The number of rotatable bonds is 5. The Hall–Kier alpha value is -3.03. The van der Waals surface area contributed by atoms with Crippen LogP contribution >= 0.6 is 0 Å². The standard InChI is InChI=1S/C16H19N7O/c1-11-6-12(2)23(21-11)13(3)8-18-16(24)14-4-5-17-15(7-14)22-9-19-20-10-22/h4-7,9-10,13H,8H2,1-3H3,(H,18,24). The largest absolute Gasteiger partial charge is 0.350 e. The van der Waals surface area contributed by atoms with Gasteiger partial charge in [-0.3, -0.25) is 14.0 Å². The summed E-state index contributed by atoms with van der Waals surface area (Å²) in [6.07, 6.45) is 4.67.